The average Bonchev–Trinajstić information content (AvgIpc) is 2.50. The lowest BCUT2D eigenvalue weighted by molar-refractivity contribution is -0.117. The van der Waals surface area contributed by atoms with Crippen LogP contribution in [-0.4, -0.2) is 54.5 Å². The van der Waals surface area contributed by atoms with Crippen molar-refractivity contribution in [2.24, 2.45) is 5.73 Å². The number of carbonyl (C=O) groups is 1. The molecule has 1 fully saturated rings. The summed E-state index contributed by atoms with van der Waals surface area (Å²) in [7, 11) is 0. The van der Waals surface area contributed by atoms with E-state index in [1.807, 2.05) is 12.1 Å². The zero-order chi connectivity index (χ0) is 15.2. The van der Waals surface area contributed by atoms with Crippen LogP contribution in [0.25, 0.3) is 0 Å². The van der Waals surface area contributed by atoms with Gasteiger partial charge >= 0.3 is 0 Å². The van der Waals surface area contributed by atoms with Crippen molar-refractivity contribution < 1.29 is 4.79 Å². The highest BCUT2D eigenvalue weighted by atomic mass is 35.5. The van der Waals surface area contributed by atoms with E-state index in [1.54, 1.807) is 6.92 Å². The third kappa shape index (κ3) is 8.01. The van der Waals surface area contributed by atoms with Crippen molar-refractivity contribution in [3.8, 4) is 0 Å². The number of anilines is 1. The Morgan fingerprint density at radius 2 is 1.58 bits per heavy atom. The summed E-state index contributed by atoms with van der Waals surface area (Å²) in [5.74, 6) is -0.154. The van der Waals surface area contributed by atoms with E-state index in [0.717, 1.165) is 45.0 Å². The van der Waals surface area contributed by atoms with E-state index in [1.165, 1.54) is 5.56 Å². The summed E-state index contributed by atoms with van der Waals surface area (Å²) in [6.07, 6.45) is 0. The zero-order valence-electron chi connectivity index (χ0n) is 14.2. The fraction of sp³-hybridized carbons (Fsp3) is 0.562. The third-order valence-corrected chi connectivity index (χ3v) is 3.95. The van der Waals surface area contributed by atoms with E-state index in [4.69, 9.17) is 5.73 Å². The lowest BCUT2D eigenvalue weighted by atomic mass is 10.1. The highest BCUT2D eigenvalue weighted by Crippen LogP contribution is 2.13. The van der Waals surface area contributed by atoms with Gasteiger partial charge in [-0.15, -0.1) is 37.2 Å². The topological polar surface area (TPSA) is 61.6 Å². The first kappa shape index (κ1) is 25.7. The fourth-order valence-corrected chi connectivity index (χ4v) is 2.47. The third-order valence-electron chi connectivity index (χ3n) is 3.95. The minimum absolute atomic E-state index is 0. The summed E-state index contributed by atoms with van der Waals surface area (Å²) in [6.45, 7) is 10.6. The van der Waals surface area contributed by atoms with Crippen LogP contribution in [0.5, 0.6) is 0 Å². The van der Waals surface area contributed by atoms with Crippen molar-refractivity contribution in [1.82, 2.24) is 9.80 Å². The first-order chi connectivity index (χ1) is 10.1. The number of nitrogens with zero attached hydrogens (tertiary/aromatic N) is 2. The molecule has 0 spiro atoms. The molecule has 0 saturated carbocycles. The summed E-state index contributed by atoms with van der Waals surface area (Å²) in [4.78, 5) is 16.5. The van der Waals surface area contributed by atoms with Crippen LogP contribution >= 0.6 is 37.2 Å². The summed E-state index contributed by atoms with van der Waals surface area (Å²) in [5.41, 5.74) is 7.62. The Labute approximate surface area is 163 Å². The summed E-state index contributed by atoms with van der Waals surface area (Å²) in [5, 5.41) is 2.80. The van der Waals surface area contributed by atoms with Gasteiger partial charge in [-0.25, -0.2) is 0 Å². The van der Waals surface area contributed by atoms with E-state index in [0.29, 0.717) is 0 Å². The molecule has 0 bridgehead atoms. The van der Waals surface area contributed by atoms with Crippen molar-refractivity contribution in [3.05, 3.63) is 29.8 Å². The van der Waals surface area contributed by atoms with Gasteiger partial charge in [-0.05, 0) is 31.2 Å². The average molecular weight is 400 g/mol. The van der Waals surface area contributed by atoms with Gasteiger partial charge in [0.2, 0.25) is 5.91 Å². The number of halogens is 3. The molecule has 1 saturated heterocycles. The molecule has 5 nitrogen and oxygen atoms in total. The molecule has 3 N–H and O–H groups in total. The smallest absolute Gasteiger partial charge is 0.240 e. The molecule has 140 valence electrons. The van der Waals surface area contributed by atoms with E-state index < -0.39 is 6.04 Å². The van der Waals surface area contributed by atoms with Gasteiger partial charge in [-0.1, -0.05) is 19.1 Å². The summed E-state index contributed by atoms with van der Waals surface area (Å²) < 4.78 is 0. The molecule has 1 aliphatic rings. The minimum Gasteiger partial charge on any atom is -0.325 e. The summed E-state index contributed by atoms with van der Waals surface area (Å²) in [6, 6.07) is 7.54. The lowest BCUT2D eigenvalue weighted by Crippen LogP contribution is -2.45. The van der Waals surface area contributed by atoms with Gasteiger partial charge in [-0.2, -0.15) is 0 Å². The first-order valence-electron chi connectivity index (χ1n) is 7.68. The molecule has 1 aromatic rings. The molecule has 0 radical (unpaired) electrons. The molecular formula is C16H29Cl3N4O. The molecule has 24 heavy (non-hydrogen) atoms. The van der Waals surface area contributed by atoms with Crippen molar-refractivity contribution in [2.75, 3.05) is 38.0 Å². The van der Waals surface area contributed by atoms with Gasteiger partial charge in [0.1, 0.15) is 0 Å². The second-order valence-electron chi connectivity index (χ2n) is 5.69. The van der Waals surface area contributed by atoms with Gasteiger partial charge in [-0.3, -0.25) is 9.69 Å². The van der Waals surface area contributed by atoms with Gasteiger partial charge in [0.25, 0.3) is 0 Å². The Morgan fingerprint density at radius 1 is 1.08 bits per heavy atom. The number of piperazine rings is 1. The van der Waals surface area contributed by atoms with Crippen LogP contribution in [0.15, 0.2) is 24.3 Å². The van der Waals surface area contributed by atoms with Crippen molar-refractivity contribution in [1.29, 1.82) is 0 Å². The number of rotatable bonds is 5. The number of hydrogen-bond donors (Lipinski definition) is 2. The molecule has 1 atom stereocenters. The minimum atomic E-state index is -0.487. The number of amides is 1. The molecule has 1 heterocycles. The Kier molecular flexibility index (Phi) is 13.6. The Hall–Kier alpha value is -0.560. The molecule has 0 aliphatic carbocycles. The number of hydrogen-bond acceptors (Lipinski definition) is 4. The second kappa shape index (κ2) is 12.8. The molecule has 0 unspecified atom stereocenters. The van der Waals surface area contributed by atoms with Gasteiger partial charge < -0.3 is 16.0 Å². The van der Waals surface area contributed by atoms with Crippen LogP contribution in [0.3, 0.4) is 0 Å². The zero-order valence-corrected chi connectivity index (χ0v) is 16.7. The largest absolute Gasteiger partial charge is 0.325 e. The van der Waals surface area contributed by atoms with Gasteiger partial charge in [0, 0.05) is 38.4 Å². The number of nitrogens with one attached hydrogen (secondary N) is 1. The predicted octanol–water partition coefficient (Wildman–Crippen LogP) is 2.38. The monoisotopic (exact) mass is 398 g/mol. The number of likely N-dealkylation sites (N-methyl/N-ethyl adjacent to an activating group) is 1. The van der Waals surface area contributed by atoms with Crippen molar-refractivity contribution in [3.63, 3.8) is 0 Å². The normalized spacial score (nSPS) is 16.1. The lowest BCUT2D eigenvalue weighted by Gasteiger charge is -2.34. The maximum atomic E-state index is 11.5. The van der Waals surface area contributed by atoms with Crippen molar-refractivity contribution >= 4 is 48.8 Å². The molecule has 2 rings (SSSR count). The van der Waals surface area contributed by atoms with E-state index in [2.05, 4.69) is 34.2 Å². The molecule has 8 heteroatoms. The van der Waals surface area contributed by atoms with Crippen LogP contribution in [0.2, 0.25) is 0 Å². The number of carbonyl (C=O) groups excluding carboxylic acids is 1. The number of nitrogens with two attached hydrogens (primary N) is 1. The Bertz CT molecular complexity index is 463. The second-order valence-corrected chi connectivity index (χ2v) is 5.69. The standard InChI is InChI=1S/C16H26N4O.3ClH/c1-3-19-8-10-20(11-9-19)12-14-4-6-15(7-5-14)18-16(21)13(2)17;;;/h4-7,13H,3,8-12,17H2,1-2H3,(H,18,21);3*1H/t13-;;;/m1.../s1. The molecule has 1 aromatic carbocycles. The predicted molar refractivity (Wildman–Crippen MR) is 108 cm³/mol. The number of benzene rings is 1. The van der Waals surface area contributed by atoms with Crippen LogP contribution in [-0.2, 0) is 11.3 Å². The van der Waals surface area contributed by atoms with Crippen LogP contribution < -0.4 is 11.1 Å². The van der Waals surface area contributed by atoms with Gasteiger partial charge in [0.15, 0.2) is 0 Å². The van der Waals surface area contributed by atoms with Crippen LogP contribution in [0, 0.1) is 0 Å². The highest BCUT2D eigenvalue weighted by Gasteiger charge is 2.15. The first-order valence-corrected chi connectivity index (χ1v) is 7.68. The van der Waals surface area contributed by atoms with Gasteiger partial charge in [0.05, 0.1) is 6.04 Å². The molecular weight excluding hydrogens is 371 g/mol. The van der Waals surface area contributed by atoms with E-state index in [-0.39, 0.29) is 43.1 Å². The maximum Gasteiger partial charge on any atom is 0.240 e. The maximum absolute atomic E-state index is 11.5. The van der Waals surface area contributed by atoms with E-state index >= 15 is 0 Å². The quantitative estimate of drug-likeness (QED) is 0.798. The van der Waals surface area contributed by atoms with E-state index in [9.17, 15) is 4.79 Å². The molecule has 0 aromatic heterocycles. The highest BCUT2D eigenvalue weighted by molar-refractivity contribution is 5.94. The molecule has 1 amide bonds. The SMILES string of the molecule is CCN1CCN(Cc2ccc(NC(=O)[C@@H](C)N)cc2)CC1.Cl.Cl.Cl. The van der Waals surface area contributed by atoms with Crippen LogP contribution in [0.4, 0.5) is 5.69 Å². The van der Waals surface area contributed by atoms with Crippen molar-refractivity contribution in [2.45, 2.75) is 26.4 Å². The molecule has 1 aliphatic heterocycles. The Balaban J connectivity index is 0. The Morgan fingerprint density at radius 3 is 2.04 bits per heavy atom. The summed E-state index contributed by atoms with van der Waals surface area (Å²) >= 11 is 0. The van der Waals surface area contributed by atoms with Crippen LogP contribution in [0.1, 0.15) is 19.4 Å². The fourth-order valence-electron chi connectivity index (χ4n) is 2.47.